The average Bonchev–Trinajstić information content (AvgIpc) is 2.44. The van der Waals surface area contributed by atoms with Gasteiger partial charge in [-0.25, -0.2) is 4.39 Å². The smallest absolute Gasteiger partial charge is 0.185 e. The molecule has 2 aromatic carbocycles. The summed E-state index contributed by atoms with van der Waals surface area (Å²) in [5, 5.41) is 9.32. The van der Waals surface area contributed by atoms with Gasteiger partial charge in [0, 0.05) is 10.0 Å². The first-order valence-electron chi connectivity index (χ1n) is 5.99. The van der Waals surface area contributed by atoms with Gasteiger partial charge in [-0.05, 0) is 36.2 Å². The van der Waals surface area contributed by atoms with Crippen molar-refractivity contribution in [2.24, 2.45) is 0 Å². The Labute approximate surface area is 125 Å². The molecule has 0 heterocycles. The predicted molar refractivity (Wildman–Crippen MR) is 78.0 cm³/mol. The standard InChI is InChI=1S/C16H11BrFNO/c1-10-4-2-3-5-12(10)14(9-19)16(20)13-8-11(18)6-7-15(13)17/h2-8,14H,1H3. The Morgan fingerprint density at radius 1 is 1.30 bits per heavy atom. The van der Waals surface area contributed by atoms with Crippen LogP contribution in [0.25, 0.3) is 0 Å². The molecule has 1 atom stereocenters. The van der Waals surface area contributed by atoms with Crippen molar-refractivity contribution in [2.75, 3.05) is 0 Å². The van der Waals surface area contributed by atoms with Crippen LogP contribution in [0.15, 0.2) is 46.9 Å². The number of ketones is 1. The van der Waals surface area contributed by atoms with Gasteiger partial charge in [0.2, 0.25) is 0 Å². The van der Waals surface area contributed by atoms with Gasteiger partial charge in [-0.1, -0.05) is 40.2 Å². The van der Waals surface area contributed by atoms with Gasteiger partial charge in [0.25, 0.3) is 0 Å². The van der Waals surface area contributed by atoms with Crippen molar-refractivity contribution in [2.45, 2.75) is 12.8 Å². The molecule has 0 aliphatic heterocycles. The summed E-state index contributed by atoms with van der Waals surface area (Å²) in [6.07, 6.45) is 0. The third-order valence-corrected chi connectivity index (χ3v) is 3.78. The number of Topliss-reactive ketones (excluding diaryl/α,β-unsaturated/α-hetero) is 1. The highest BCUT2D eigenvalue weighted by Gasteiger charge is 2.25. The number of hydrogen-bond acceptors (Lipinski definition) is 2. The van der Waals surface area contributed by atoms with Gasteiger partial charge in [0.05, 0.1) is 6.07 Å². The Morgan fingerprint density at radius 2 is 2.00 bits per heavy atom. The first-order chi connectivity index (χ1) is 9.54. The van der Waals surface area contributed by atoms with Crippen molar-refractivity contribution >= 4 is 21.7 Å². The second kappa shape index (κ2) is 5.98. The summed E-state index contributed by atoms with van der Waals surface area (Å²) in [7, 11) is 0. The minimum Gasteiger partial charge on any atom is -0.292 e. The van der Waals surface area contributed by atoms with Crippen LogP contribution in [-0.2, 0) is 0 Å². The van der Waals surface area contributed by atoms with Gasteiger partial charge in [-0.2, -0.15) is 5.26 Å². The van der Waals surface area contributed by atoms with Gasteiger partial charge in [-0.3, -0.25) is 4.79 Å². The lowest BCUT2D eigenvalue weighted by atomic mass is 9.89. The molecule has 0 spiro atoms. The Morgan fingerprint density at radius 3 is 2.65 bits per heavy atom. The molecule has 0 aliphatic carbocycles. The maximum absolute atomic E-state index is 13.3. The zero-order valence-corrected chi connectivity index (χ0v) is 12.3. The third kappa shape index (κ3) is 2.78. The number of aryl methyl sites for hydroxylation is 1. The first-order valence-corrected chi connectivity index (χ1v) is 6.78. The van der Waals surface area contributed by atoms with Crippen LogP contribution in [0.5, 0.6) is 0 Å². The van der Waals surface area contributed by atoms with E-state index in [1.807, 2.05) is 25.1 Å². The molecule has 0 bridgehead atoms. The van der Waals surface area contributed by atoms with Crippen molar-refractivity contribution in [3.8, 4) is 6.07 Å². The average molecular weight is 332 g/mol. The third-order valence-electron chi connectivity index (χ3n) is 3.08. The molecule has 0 saturated heterocycles. The number of halogens is 2. The van der Waals surface area contributed by atoms with Crippen LogP contribution < -0.4 is 0 Å². The van der Waals surface area contributed by atoms with Crippen LogP contribution in [0.4, 0.5) is 4.39 Å². The molecule has 4 heteroatoms. The Balaban J connectivity index is 2.48. The monoisotopic (exact) mass is 331 g/mol. The van der Waals surface area contributed by atoms with Gasteiger partial charge in [0.1, 0.15) is 11.7 Å². The summed E-state index contributed by atoms with van der Waals surface area (Å²) in [5.41, 5.74) is 1.69. The van der Waals surface area contributed by atoms with Crippen LogP contribution in [0.3, 0.4) is 0 Å². The van der Waals surface area contributed by atoms with E-state index in [1.54, 1.807) is 12.1 Å². The summed E-state index contributed by atoms with van der Waals surface area (Å²) in [6, 6.07) is 13.1. The van der Waals surface area contributed by atoms with Crippen molar-refractivity contribution < 1.29 is 9.18 Å². The minimum atomic E-state index is -0.936. The summed E-state index contributed by atoms with van der Waals surface area (Å²) >= 11 is 3.22. The first kappa shape index (κ1) is 14.4. The molecule has 0 radical (unpaired) electrons. The summed E-state index contributed by atoms with van der Waals surface area (Å²) in [5.74, 6) is -1.85. The lowest BCUT2D eigenvalue weighted by Gasteiger charge is -2.12. The molecule has 1 unspecified atom stereocenters. The Bertz CT molecular complexity index is 706. The molecule has 100 valence electrons. The molecule has 20 heavy (non-hydrogen) atoms. The molecule has 0 fully saturated rings. The number of benzene rings is 2. The van der Waals surface area contributed by atoms with Gasteiger partial charge in [0.15, 0.2) is 5.78 Å². The molecule has 0 aliphatic rings. The van der Waals surface area contributed by atoms with Gasteiger partial charge < -0.3 is 0 Å². The highest BCUT2D eigenvalue weighted by Crippen LogP contribution is 2.27. The Hall–Kier alpha value is -1.99. The highest BCUT2D eigenvalue weighted by molar-refractivity contribution is 9.10. The fourth-order valence-corrected chi connectivity index (χ4v) is 2.46. The van der Waals surface area contributed by atoms with Crippen molar-refractivity contribution in [1.82, 2.24) is 0 Å². The zero-order valence-electron chi connectivity index (χ0n) is 10.7. The molecular weight excluding hydrogens is 321 g/mol. The second-order valence-electron chi connectivity index (χ2n) is 4.41. The fraction of sp³-hybridized carbons (Fsp3) is 0.125. The zero-order chi connectivity index (χ0) is 14.7. The number of nitriles is 1. The van der Waals surface area contributed by atoms with Crippen molar-refractivity contribution in [1.29, 1.82) is 5.26 Å². The van der Waals surface area contributed by atoms with E-state index in [9.17, 15) is 14.4 Å². The maximum atomic E-state index is 13.3. The molecule has 0 amide bonds. The summed E-state index contributed by atoms with van der Waals surface area (Å²) in [6.45, 7) is 1.84. The van der Waals surface area contributed by atoms with Crippen molar-refractivity contribution in [3.63, 3.8) is 0 Å². The van der Waals surface area contributed by atoms with Crippen LogP contribution in [0, 0.1) is 24.1 Å². The quantitative estimate of drug-likeness (QED) is 0.783. The molecule has 2 aromatic rings. The van der Waals surface area contributed by atoms with Gasteiger partial charge in [-0.15, -0.1) is 0 Å². The summed E-state index contributed by atoms with van der Waals surface area (Å²) in [4.78, 5) is 12.5. The minimum absolute atomic E-state index is 0.180. The largest absolute Gasteiger partial charge is 0.292 e. The fourth-order valence-electron chi connectivity index (χ4n) is 2.02. The molecule has 2 nitrogen and oxygen atoms in total. The molecule has 0 saturated carbocycles. The van der Waals surface area contributed by atoms with E-state index < -0.39 is 17.5 Å². The number of hydrogen-bond donors (Lipinski definition) is 0. The second-order valence-corrected chi connectivity index (χ2v) is 5.26. The number of carbonyl (C=O) groups excluding carboxylic acids is 1. The van der Waals surface area contributed by atoms with Crippen molar-refractivity contribution in [3.05, 3.63) is 69.4 Å². The van der Waals surface area contributed by atoms with E-state index in [2.05, 4.69) is 15.9 Å². The van der Waals surface area contributed by atoms with Gasteiger partial charge >= 0.3 is 0 Å². The number of carbonyl (C=O) groups is 1. The van der Waals surface area contributed by atoms with E-state index in [0.29, 0.717) is 10.0 Å². The lowest BCUT2D eigenvalue weighted by molar-refractivity contribution is 0.0977. The van der Waals surface area contributed by atoms with E-state index in [-0.39, 0.29) is 5.56 Å². The van der Waals surface area contributed by atoms with Crippen LogP contribution >= 0.6 is 15.9 Å². The maximum Gasteiger partial charge on any atom is 0.185 e. The highest BCUT2D eigenvalue weighted by atomic mass is 79.9. The van der Waals surface area contributed by atoms with Crippen LogP contribution in [-0.4, -0.2) is 5.78 Å². The molecule has 2 rings (SSSR count). The Kier molecular flexibility index (Phi) is 4.31. The molecule has 0 aromatic heterocycles. The predicted octanol–water partition coefficient (Wildman–Crippen LogP) is 4.39. The van der Waals surface area contributed by atoms with E-state index in [1.165, 1.54) is 12.1 Å². The number of rotatable bonds is 3. The molecular formula is C16H11BrFNO. The SMILES string of the molecule is Cc1ccccc1C(C#N)C(=O)c1cc(F)ccc1Br. The molecule has 0 N–H and O–H groups in total. The van der Waals surface area contributed by atoms with E-state index in [0.717, 1.165) is 11.6 Å². The van der Waals surface area contributed by atoms with Crippen LogP contribution in [0.2, 0.25) is 0 Å². The normalized spacial score (nSPS) is 11.7. The lowest BCUT2D eigenvalue weighted by Crippen LogP contribution is -2.13. The van der Waals surface area contributed by atoms with Crippen LogP contribution in [0.1, 0.15) is 27.4 Å². The van der Waals surface area contributed by atoms with E-state index in [4.69, 9.17) is 0 Å². The summed E-state index contributed by atoms with van der Waals surface area (Å²) < 4.78 is 13.8. The number of nitrogens with zero attached hydrogens (tertiary/aromatic N) is 1. The van der Waals surface area contributed by atoms with E-state index >= 15 is 0 Å². The topological polar surface area (TPSA) is 40.9 Å².